The number of carbonyl (C=O) groups is 1. The molecule has 2 aromatic rings. The van der Waals surface area contributed by atoms with Gasteiger partial charge in [-0.25, -0.2) is 4.39 Å². The van der Waals surface area contributed by atoms with Crippen LogP contribution in [0, 0.1) is 5.82 Å². The summed E-state index contributed by atoms with van der Waals surface area (Å²) in [5, 5.41) is 3.51. The minimum atomic E-state index is -0.418. The van der Waals surface area contributed by atoms with Crippen molar-refractivity contribution >= 4 is 28.4 Å². The van der Waals surface area contributed by atoms with Crippen LogP contribution in [-0.4, -0.2) is 17.4 Å². The van der Waals surface area contributed by atoms with Crippen LogP contribution in [0.5, 0.6) is 0 Å². The number of halogens is 2. The van der Waals surface area contributed by atoms with Crippen LogP contribution in [0.15, 0.2) is 18.2 Å². The van der Waals surface area contributed by atoms with Gasteiger partial charge in [0.2, 0.25) is 0 Å². The van der Waals surface area contributed by atoms with E-state index in [0.717, 1.165) is 0 Å². The number of hydrogen-bond donors (Lipinski definition) is 2. The number of nitrogens with one attached hydrogen (secondary N) is 2. The maximum atomic E-state index is 13.1. The predicted octanol–water partition coefficient (Wildman–Crippen LogP) is 2.71. The zero-order valence-electron chi connectivity index (χ0n) is 8.60. The van der Waals surface area contributed by atoms with Crippen molar-refractivity contribution in [3.8, 4) is 0 Å². The van der Waals surface area contributed by atoms with Gasteiger partial charge in [0.1, 0.15) is 11.5 Å². The molecule has 84 valence electrons. The molecule has 0 fully saturated rings. The Morgan fingerprint density at radius 1 is 1.50 bits per heavy atom. The Morgan fingerprint density at radius 2 is 2.25 bits per heavy atom. The first-order chi connectivity index (χ1) is 7.61. The van der Waals surface area contributed by atoms with Gasteiger partial charge in [-0.3, -0.25) is 4.79 Å². The lowest BCUT2D eigenvalue weighted by atomic mass is 10.2. The summed E-state index contributed by atoms with van der Waals surface area (Å²) in [6, 6.07) is 4.12. The molecule has 0 spiro atoms. The van der Waals surface area contributed by atoms with Crippen LogP contribution in [0.1, 0.15) is 17.4 Å². The minimum Gasteiger partial charge on any atom is -0.351 e. The van der Waals surface area contributed by atoms with E-state index in [1.807, 2.05) is 6.92 Å². The molecule has 0 aliphatic carbocycles. The SMILES string of the molecule is CCNC(=O)c1cc2cc(F)cc(Cl)c2[nH]1. The summed E-state index contributed by atoms with van der Waals surface area (Å²) in [6.45, 7) is 2.36. The molecule has 0 radical (unpaired) electrons. The second kappa shape index (κ2) is 4.14. The molecule has 0 saturated carbocycles. The number of hydrogen-bond acceptors (Lipinski definition) is 1. The highest BCUT2D eigenvalue weighted by Crippen LogP contribution is 2.25. The van der Waals surface area contributed by atoms with Crippen molar-refractivity contribution in [1.82, 2.24) is 10.3 Å². The largest absolute Gasteiger partial charge is 0.351 e. The third kappa shape index (κ3) is 1.88. The van der Waals surface area contributed by atoms with Gasteiger partial charge < -0.3 is 10.3 Å². The van der Waals surface area contributed by atoms with E-state index in [4.69, 9.17) is 11.6 Å². The summed E-state index contributed by atoms with van der Waals surface area (Å²) >= 11 is 5.85. The summed E-state index contributed by atoms with van der Waals surface area (Å²) in [5.74, 6) is -0.644. The van der Waals surface area contributed by atoms with E-state index < -0.39 is 5.82 Å². The number of aromatic amines is 1. The van der Waals surface area contributed by atoms with Crippen LogP contribution < -0.4 is 5.32 Å². The predicted molar refractivity (Wildman–Crippen MR) is 61.3 cm³/mol. The topological polar surface area (TPSA) is 44.9 Å². The Bertz CT molecular complexity index is 550. The van der Waals surface area contributed by atoms with E-state index in [9.17, 15) is 9.18 Å². The average Bonchev–Trinajstić information content (AvgIpc) is 2.62. The molecule has 1 aromatic heterocycles. The van der Waals surface area contributed by atoms with Crippen LogP contribution >= 0.6 is 11.6 Å². The van der Waals surface area contributed by atoms with Crippen molar-refractivity contribution in [3.63, 3.8) is 0 Å². The molecule has 2 N–H and O–H groups in total. The number of fused-ring (bicyclic) bond motifs is 1. The maximum Gasteiger partial charge on any atom is 0.267 e. The molecule has 16 heavy (non-hydrogen) atoms. The molecule has 0 bridgehead atoms. The van der Waals surface area contributed by atoms with E-state index in [0.29, 0.717) is 23.1 Å². The number of amides is 1. The molecule has 0 aliphatic rings. The third-order valence-corrected chi connectivity index (χ3v) is 2.53. The Hall–Kier alpha value is -1.55. The van der Waals surface area contributed by atoms with Gasteiger partial charge in [0, 0.05) is 11.9 Å². The molecule has 1 heterocycles. The van der Waals surface area contributed by atoms with Crippen LogP contribution in [0.4, 0.5) is 4.39 Å². The van der Waals surface area contributed by atoms with Gasteiger partial charge in [-0.2, -0.15) is 0 Å². The minimum absolute atomic E-state index is 0.227. The first-order valence-corrected chi connectivity index (χ1v) is 5.25. The maximum absolute atomic E-state index is 13.1. The van der Waals surface area contributed by atoms with Crippen molar-refractivity contribution in [1.29, 1.82) is 0 Å². The van der Waals surface area contributed by atoms with E-state index in [2.05, 4.69) is 10.3 Å². The second-order valence-electron chi connectivity index (χ2n) is 3.39. The number of rotatable bonds is 2. The highest BCUT2D eigenvalue weighted by molar-refractivity contribution is 6.35. The Kier molecular flexibility index (Phi) is 2.83. The molecule has 1 aromatic carbocycles. The summed E-state index contributed by atoms with van der Waals surface area (Å²) in [4.78, 5) is 14.4. The Balaban J connectivity index is 2.51. The van der Waals surface area contributed by atoms with Gasteiger partial charge >= 0.3 is 0 Å². The van der Waals surface area contributed by atoms with Crippen molar-refractivity contribution in [2.24, 2.45) is 0 Å². The average molecular weight is 241 g/mol. The summed E-state index contributed by atoms with van der Waals surface area (Å²) < 4.78 is 13.1. The molecule has 2 rings (SSSR count). The molecule has 0 saturated heterocycles. The van der Waals surface area contributed by atoms with E-state index in [1.165, 1.54) is 12.1 Å². The number of benzene rings is 1. The van der Waals surface area contributed by atoms with Gasteiger partial charge in [0.25, 0.3) is 5.91 Å². The van der Waals surface area contributed by atoms with Crippen molar-refractivity contribution in [2.45, 2.75) is 6.92 Å². The quantitative estimate of drug-likeness (QED) is 0.833. The van der Waals surface area contributed by atoms with Crippen molar-refractivity contribution in [3.05, 3.63) is 34.7 Å². The summed E-state index contributed by atoms with van der Waals surface area (Å²) in [6.07, 6.45) is 0. The Morgan fingerprint density at radius 3 is 2.94 bits per heavy atom. The molecule has 3 nitrogen and oxygen atoms in total. The monoisotopic (exact) mass is 240 g/mol. The first-order valence-electron chi connectivity index (χ1n) is 4.87. The van der Waals surface area contributed by atoms with Gasteiger partial charge in [-0.1, -0.05) is 11.6 Å². The fourth-order valence-electron chi connectivity index (χ4n) is 1.54. The number of carbonyl (C=O) groups excluding carboxylic acids is 1. The molecular weight excluding hydrogens is 231 g/mol. The zero-order valence-corrected chi connectivity index (χ0v) is 9.36. The lowest BCUT2D eigenvalue weighted by Gasteiger charge is -1.97. The zero-order chi connectivity index (χ0) is 11.7. The van der Waals surface area contributed by atoms with Crippen molar-refractivity contribution in [2.75, 3.05) is 6.54 Å². The highest BCUT2D eigenvalue weighted by atomic mass is 35.5. The normalized spacial score (nSPS) is 10.7. The summed E-state index contributed by atoms with van der Waals surface area (Å²) in [5.41, 5.74) is 0.952. The van der Waals surface area contributed by atoms with Gasteiger partial charge in [0.05, 0.1) is 10.5 Å². The van der Waals surface area contributed by atoms with Crippen LogP contribution in [0.3, 0.4) is 0 Å². The number of H-pyrrole nitrogens is 1. The van der Waals surface area contributed by atoms with Crippen LogP contribution in [0.2, 0.25) is 5.02 Å². The standard InChI is InChI=1S/C11H10ClFN2O/c1-2-14-11(16)9-4-6-3-7(13)5-8(12)10(6)15-9/h3-5,15H,2H2,1H3,(H,14,16). The fourth-order valence-corrected chi connectivity index (χ4v) is 1.80. The highest BCUT2D eigenvalue weighted by Gasteiger charge is 2.11. The second-order valence-corrected chi connectivity index (χ2v) is 3.80. The number of aromatic nitrogens is 1. The lowest BCUT2D eigenvalue weighted by molar-refractivity contribution is 0.0951. The summed E-state index contributed by atoms with van der Waals surface area (Å²) in [7, 11) is 0. The van der Waals surface area contributed by atoms with Gasteiger partial charge in [0.15, 0.2) is 0 Å². The van der Waals surface area contributed by atoms with Crippen LogP contribution in [0.25, 0.3) is 10.9 Å². The molecule has 5 heteroatoms. The molecule has 0 atom stereocenters. The van der Waals surface area contributed by atoms with Crippen LogP contribution in [-0.2, 0) is 0 Å². The third-order valence-electron chi connectivity index (χ3n) is 2.23. The first kappa shape index (κ1) is 11.0. The lowest BCUT2D eigenvalue weighted by Crippen LogP contribution is -2.22. The molecule has 0 aliphatic heterocycles. The van der Waals surface area contributed by atoms with Gasteiger partial charge in [-0.05, 0) is 25.1 Å². The fraction of sp³-hybridized carbons (Fsp3) is 0.182. The molecule has 0 unspecified atom stereocenters. The van der Waals surface area contributed by atoms with Crippen molar-refractivity contribution < 1.29 is 9.18 Å². The Labute approximate surface area is 96.6 Å². The molecule has 1 amide bonds. The van der Waals surface area contributed by atoms with E-state index >= 15 is 0 Å². The smallest absolute Gasteiger partial charge is 0.267 e. The van der Waals surface area contributed by atoms with E-state index in [1.54, 1.807) is 6.07 Å². The molecular formula is C11H10ClFN2O. The van der Waals surface area contributed by atoms with E-state index in [-0.39, 0.29) is 10.9 Å². The van der Waals surface area contributed by atoms with Gasteiger partial charge in [-0.15, -0.1) is 0 Å².